The summed E-state index contributed by atoms with van der Waals surface area (Å²) in [7, 11) is 1.29. The third-order valence-electron chi connectivity index (χ3n) is 5.42. The minimum Gasteiger partial charge on any atom is -0.468 e. The van der Waals surface area contributed by atoms with Gasteiger partial charge in [0, 0.05) is 12.2 Å². The Hall–Kier alpha value is -3.37. The number of amides is 2. The number of methoxy groups -OCH3 is 1. The SMILES string of the molecule is COC(=O)[C@@H]1CSC(C(=O)[C@H](C)NC(=O)[C@H](Cc2ccccc2)NC(=O)OCc2ccccc2)N1. The standard InChI is InChI=1S/C25H29N3O6S/c1-16(21(29)23-27-20(15-35-23)24(31)33-2)26-22(30)19(13-17-9-5-3-6-10-17)28-25(32)34-14-18-11-7-4-8-12-18/h3-12,16,19-20,23,27H,13-15H2,1-2H3,(H,26,30)(H,28,32)/t16-,19-,20-,23?/m0/s1. The first-order valence-electron chi connectivity index (χ1n) is 11.2. The van der Waals surface area contributed by atoms with Gasteiger partial charge in [0.1, 0.15) is 24.1 Å². The molecule has 2 aromatic rings. The summed E-state index contributed by atoms with van der Waals surface area (Å²) in [5.41, 5.74) is 1.65. The number of ether oxygens (including phenoxy) is 2. The van der Waals surface area contributed by atoms with Crippen molar-refractivity contribution >= 4 is 35.5 Å². The Labute approximate surface area is 208 Å². The molecule has 0 aliphatic carbocycles. The number of nitrogens with one attached hydrogen (secondary N) is 3. The quantitative estimate of drug-likeness (QED) is 0.423. The number of benzene rings is 2. The Morgan fingerprint density at radius 2 is 1.63 bits per heavy atom. The van der Waals surface area contributed by atoms with Crippen LogP contribution in [0.1, 0.15) is 18.1 Å². The summed E-state index contributed by atoms with van der Waals surface area (Å²) >= 11 is 1.28. The molecule has 1 fully saturated rings. The zero-order valence-corrected chi connectivity index (χ0v) is 20.4. The predicted octanol–water partition coefficient (Wildman–Crippen LogP) is 1.80. The lowest BCUT2D eigenvalue weighted by molar-refractivity contribution is -0.142. The fraction of sp³-hybridized carbons (Fsp3) is 0.360. The van der Waals surface area contributed by atoms with Gasteiger partial charge in [-0.15, -0.1) is 11.8 Å². The number of alkyl carbamates (subject to hydrolysis) is 1. The number of carbonyl (C=O) groups is 4. The molecule has 1 aliphatic heterocycles. The van der Waals surface area contributed by atoms with Gasteiger partial charge in [0.15, 0.2) is 5.78 Å². The van der Waals surface area contributed by atoms with E-state index in [0.29, 0.717) is 5.75 Å². The summed E-state index contributed by atoms with van der Waals surface area (Å²) in [5, 5.41) is 7.58. The molecule has 186 valence electrons. The molecule has 0 aromatic heterocycles. The van der Waals surface area contributed by atoms with Crippen LogP contribution < -0.4 is 16.0 Å². The Morgan fingerprint density at radius 1 is 1.00 bits per heavy atom. The summed E-state index contributed by atoms with van der Waals surface area (Å²) in [6.45, 7) is 1.63. The molecule has 0 radical (unpaired) electrons. The van der Waals surface area contributed by atoms with Crippen LogP contribution in [0.25, 0.3) is 0 Å². The van der Waals surface area contributed by atoms with Crippen LogP contribution in [0, 0.1) is 0 Å². The average molecular weight is 500 g/mol. The molecule has 35 heavy (non-hydrogen) atoms. The van der Waals surface area contributed by atoms with Crippen molar-refractivity contribution in [3.63, 3.8) is 0 Å². The lowest BCUT2D eigenvalue weighted by Crippen LogP contribution is -2.54. The number of esters is 1. The molecule has 1 saturated heterocycles. The molecular weight excluding hydrogens is 470 g/mol. The van der Waals surface area contributed by atoms with E-state index in [1.165, 1.54) is 18.9 Å². The topological polar surface area (TPSA) is 123 Å². The second kappa shape index (κ2) is 12.9. The summed E-state index contributed by atoms with van der Waals surface area (Å²) in [4.78, 5) is 50.1. The molecule has 0 saturated carbocycles. The van der Waals surface area contributed by atoms with Crippen LogP contribution in [-0.4, -0.2) is 60.1 Å². The minimum absolute atomic E-state index is 0.0627. The maximum Gasteiger partial charge on any atom is 0.408 e. The summed E-state index contributed by atoms with van der Waals surface area (Å²) < 4.78 is 9.98. The molecule has 10 heteroatoms. The minimum atomic E-state index is -0.956. The smallest absolute Gasteiger partial charge is 0.408 e. The highest BCUT2D eigenvalue weighted by Crippen LogP contribution is 2.21. The van der Waals surface area contributed by atoms with E-state index in [1.807, 2.05) is 60.7 Å². The molecule has 3 rings (SSSR count). The lowest BCUT2D eigenvalue weighted by Gasteiger charge is -2.22. The van der Waals surface area contributed by atoms with Gasteiger partial charge in [-0.3, -0.25) is 19.7 Å². The number of hydrogen-bond acceptors (Lipinski definition) is 8. The van der Waals surface area contributed by atoms with E-state index >= 15 is 0 Å². The Morgan fingerprint density at radius 3 is 2.26 bits per heavy atom. The lowest BCUT2D eigenvalue weighted by atomic mass is 10.0. The van der Waals surface area contributed by atoms with Gasteiger partial charge in [-0.25, -0.2) is 4.79 Å². The Bertz CT molecular complexity index is 1020. The predicted molar refractivity (Wildman–Crippen MR) is 131 cm³/mol. The number of hydrogen-bond donors (Lipinski definition) is 3. The highest BCUT2D eigenvalue weighted by atomic mass is 32.2. The maximum atomic E-state index is 13.1. The third-order valence-corrected chi connectivity index (χ3v) is 6.64. The van der Waals surface area contributed by atoms with Crippen molar-refractivity contribution in [1.82, 2.24) is 16.0 Å². The molecule has 9 nitrogen and oxygen atoms in total. The molecule has 1 unspecified atom stereocenters. The third kappa shape index (κ3) is 7.83. The van der Waals surface area contributed by atoms with Crippen LogP contribution in [-0.2, 0) is 36.9 Å². The van der Waals surface area contributed by atoms with Crippen molar-refractivity contribution in [3.8, 4) is 0 Å². The summed E-state index contributed by atoms with van der Waals surface area (Å²) in [6.07, 6.45) is -0.521. The van der Waals surface area contributed by atoms with Crippen molar-refractivity contribution in [2.45, 2.75) is 43.5 Å². The van der Waals surface area contributed by atoms with Gasteiger partial charge in [0.05, 0.1) is 13.2 Å². The zero-order chi connectivity index (χ0) is 25.2. The van der Waals surface area contributed by atoms with Gasteiger partial charge in [0.2, 0.25) is 5.91 Å². The highest BCUT2D eigenvalue weighted by molar-refractivity contribution is 8.00. The summed E-state index contributed by atoms with van der Waals surface area (Å²) in [6, 6.07) is 16.0. The van der Waals surface area contributed by atoms with E-state index in [4.69, 9.17) is 9.47 Å². The van der Waals surface area contributed by atoms with Crippen molar-refractivity contribution in [1.29, 1.82) is 0 Å². The van der Waals surface area contributed by atoms with Crippen LogP contribution in [0.15, 0.2) is 60.7 Å². The molecule has 2 aromatic carbocycles. The molecule has 1 aliphatic rings. The van der Waals surface area contributed by atoms with Crippen molar-refractivity contribution < 1.29 is 28.7 Å². The Balaban J connectivity index is 1.60. The average Bonchev–Trinajstić information content (AvgIpc) is 3.37. The number of ketones is 1. The van der Waals surface area contributed by atoms with Gasteiger partial charge in [-0.1, -0.05) is 60.7 Å². The molecule has 3 N–H and O–H groups in total. The number of thioether (sulfide) groups is 1. The molecule has 1 heterocycles. The first-order valence-corrected chi connectivity index (χ1v) is 12.2. The summed E-state index contributed by atoms with van der Waals surface area (Å²) in [5.74, 6) is -0.834. The van der Waals surface area contributed by atoms with Gasteiger partial charge < -0.3 is 20.1 Å². The second-order valence-corrected chi connectivity index (χ2v) is 9.17. The largest absolute Gasteiger partial charge is 0.468 e. The normalized spacial score (nSPS) is 18.7. The van der Waals surface area contributed by atoms with Gasteiger partial charge in [-0.2, -0.15) is 0 Å². The second-order valence-electron chi connectivity index (χ2n) is 8.04. The van der Waals surface area contributed by atoms with Crippen LogP contribution in [0.2, 0.25) is 0 Å². The fourth-order valence-corrected chi connectivity index (χ4v) is 4.74. The highest BCUT2D eigenvalue weighted by Gasteiger charge is 2.37. The van der Waals surface area contributed by atoms with Crippen molar-refractivity contribution in [3.05, 3.63) is 71.8 Å². The first-order chi connectivity index (χ1) is 16.9. The molecule has 0 spiro atoms. The van der Waals surface area contributed by atoms with E-state index in [2.05, 4.69) is 16.0 Å². The molecule has 0 bridgehead atoms. The van der Waals surface area contributed by atoms with Crippen molar-refractivity contribution in [2.75, 3.05) is 12.9 Å². The number of Topliss-reactive ketones (excluding diaryl/α,β-unsaturated/α-hetero) is 1. The van der Waals surface area contributed by atoms with Crippen LogP contribution in [0.4, 0.5) is 4.79 Å². The van der Waals surface area contributed by atoms with Gasteiger partial charge in [0.25, 0.3) is 0 Å². The molecule has 2 amide bonds. The van der Waals surface area contributed by atoms with E-state index in [-0.39, 0.29) is 18.8 Å². The number of carbonyl (C=O) groups excluding carboxylic acids is 4. The fourth-order valence-electron chi connectivity index (χ4n) is 3.49. The number of rotatable bonds is 10. The van der Waals surface area contributed by atoms with Crippen LogP contribution in [0.5, 0.6) is 0 Å². The van der Waals surface area contributed by atoms with E-state index < -0.39 is 41.5 Å². The molecule has 4 atom stereocenters. The molecular formula is C25H29N3O6S. The zero-order valence-electron chi connectivity index (χ0n) is 19.6. The maximum absolute atomic E-state index is 13.1. The van der Waals surface area contributed by atoms with Crippen molar-refractivity contribution in [2.24, 2.45) is 0 Å². The van der Waals surface area contributed by atoms with Crippen LogP contribution in [0.3, 0.4) is 0 Å². The first kappa shape index (κ1) is 26.2. The van der Waals surface area contributed by atoms with E-state index in [1.54, 1.807) is 6.92 Å². The van der Waals surface area contributed by atoms with Gasteiger partial charge >= 0.3 is 12.1 Å². The van der Waals surface area contributed by atoms with Gasteiger partial charge in [-0.05, 0) is 18.1 Å². The Kier molecular flexibility index (Phi) is 9.68. The van der Waals surface area contributed by atoms with E-state index in [0.717, 1.165) is 11.1 Å². The van der Waals surface area contributed by atoms with Crippen LogP contribution >= 0.6 is 11.8 Å². The monoisotopic (exact) mass is 499 g/mol. The van der Waals surface area contributed by atoms with E-state index in [9.17, 15) is 19.2 Å².